The smallest absolute Gasteiger partial charge is 0.311 e. The first-order valence-corrected chi connectivity index (χ1v) is 22.8. The van der Waals surface area contributed by atoms with Gasteiger partial charge < -0.3 is 88.2 Å². The largest absolute Gasteiger partial charge is 0.455 e. The first kappa shape index (κ1) is 52.3. The quantitative estimate of drug-likeness (QED) is 0.164. The summed E-state index contributed by atoms with van der Waals surface area (Å²) in [5.41, 5.74) is 0. The Bertz CT molecular complexity index is 1420. The fourth-order valence-corrected chi connectivity index (χ4v) is 8.48. The highest BCUT2D eigenvalue weighted by Crippen LogP contribution is 2.38. The van der Waals surface area contributed by atoms with E-state index in [1.54, 1.807) is 6.92 Å². The summed E-state index contributed by atoms with van der Waals surface area (Å²) in [5, 5.41) is 88.5. The number of carbonyl (C=O) groups is 2. The van der Waals surface area contributed by atoms with E-state index < -0.39 is 147 Å². The summed E-state index contributed by atoms with van der Waals surface area (Å²) in [6.45, 7) is 12.7. The molecule has 63 heavy (non-hydrogen) atoms. The summed E-state index contributed by atoms with van der Waals surface area (Å²) < 4.78 is 61.8. The number of aliphatic hydroxyl groups is 8. The van der Waals surface area contributed by atoms with Gasteiger partial charge in [0.15, 0.2) is 37.4 Å². The van der Waals surface area contributed by atoms with Crippen molar-refractivity contribution in [1.82, 2.24) is 0 Å². The summed E-state index contributed by atoms with van der Waals surface area (Å²) in [4.78, 5) is 26.9. The Morgan fingerprint density at radius 2 is 1.08 bits per heavy atom. The average molecular weight is 911 g/mol. The van der Waals surface area contributed by atoms with Crippen LogP contribution in [0.3, 0.4) is 0 Å². The molecule has 366 valence electrons. The highest BCUT2D eigenvalue weighted by atomic mass is 16.8. The molecule has 8 N–H and O–H groups in total. The van der Waals surface area contributed by atoms with Gasteiger partial charge in [-0.2, -0.15) is 0 Å². The lowest BCUT2D eigenvalue weighted by atomic mass is 9.95. The van der Waals surface area contributed by atoms with E-state index in [9.17, 15) is 50.4 Å². The maximum atomic E-state index is 13.6. The van der Waals surface area contributed by atoms with Gasteiger partial charge in [0, 0.05) is 6.42 Å². The molecule has 0 aromatic rings. The summed E-state index contributed by atoms with van der Waals surface area (Å²) >= 11 is 0. The fourth-order valence-electron chi connectivity index (χ4n) is 8.48. The third kappa shape index (κ3) is 12.8. The molecule has 20 heteroatoms. The van der Waals surface area contributed by atoms with E-state index in [0.29, 0.717) is 12.8 Å². The minimum absolute atomic E-state index is 0.00483. The molecule has 5 saturated heterocycles. The molecule has 0 aromatic heterocycles. The second-order valence-electron chi connectivity index (χ2n) is 18.4. The number of fused-ring (bicyclic) bond motifs is 4. The van der Waals surface area contributed by atoms with Crippen molar-refractivity contribution in [1.29, 1.82) is 0 Å². The van der Waals surface area contributed by atoms with Gasteiger partial charge in [-0.15, -0.1) is 0 Å². The van der Waals surface area contributed by atoms with Gasteiger partial charge in [0.1, 0.15) is 61.0 Å². The highest BCUT2D eigenvalue weighted by Gasteiger charge is 2.57. The Morgan fingerprint density at radius 3 is 1.71 bits per heavy atom. The number of ether oxygens (including phenoxy) is 10. The SMILES string of the molecule is CC(C)C1CCCCCCCCCC(=O)OC2[C@H](OC3[C@H](O[C@@H]4O[C@H](C)[C@H](O)[C@@H](O)[C@H]4O)C(O[C@H]4[C@H](O1)O[C@H](C)[C@@H](O)[C@@H]4O)O[C@H](C)[C@H]3O)O[C@H](C)[C@@H](O)[C@@H]2OC(=O)C(C)C(C)O. The summed E-state index contributed by atoms with van der Waals surface area (Å²) in [6, 6.07) is 0. The highest BCUT2D eigenvalue weighted by molar-refractivity contribution is 5.73. The van der Waals surface area contributed by atoms with Gasteiger partial charge in [0.25, 0.3) is 0 Å². The number of hydrogen-bond acceptors (Lipinski definition) is 20. The van der Waals surface area contributed by atoms with Gasteiger partial charge in [0.2, 0.25) is 0 Å². The zero-order chi connectivity index (χ0) is 46.4. The van der Waals surface area contributed by atoms with Crippen LogP contribution in [0.4, 0.5) is 0 Å². The van der Waals surface area contributed by atoms with E-state index in [1.165, 1.54) is 34.6 Å². The predicted octanol–water partition coefficient (Wildman–Crippen LogP) is 0.0537. The molecule has 5 aliphatic rings. The van der Waals surface area contributed by atoms with E-state index in [1.807, 2.05) is 13.8 Å². The molecule has 23 atom stereocenters. The third-order valence-electron chi connectivity index (χ3n) is 13.0. The molecule has 0 radical (unpaired) electrons. The summed E-state index contributed by atoms with van der Waals surface area (Å²) in [5.74, 6) is -2.68. The van der Waals surface area contributed by atoms with Crippen molar-refractivity contribution in [3.05, 3.63) is 0 Å². The van der Waals surface area contributed by atoms with Gasteiger partial charge in [-0.3, -0.25) is 9.59 Å². The molecular formula is C43H74O20. The second-order valence-corrected chi connectivity index (χ2v) is 18.4. The maximum absolute atomic E-state index is 13.6. The van der Waals surface area contributed by atoms with Crippen molar-refractivity contribution >= 4 is 11.9 Å². The van der Waals surface area contributed by atoms with Gasteiger partial charge in [-0.05, 0) is 60.3 Å². The van der Waals surface area contributed by atoms with Crippen molar-refractivity contribution in [2.24, 2.45) is 11.8 Å². The molecule has 0 aliphatic carbocycles. The number of carbonyl (C=O) groups excluding carboxylic acids is 2. The fraction of sp³-hybridized carbons (Fsp3) is 0.953. The minimum atomic E-state index is -1.87. The second kappa shape index (κ2) is 23.3. The Morgan fingerprint density at radius 1 is 0.556 bits per heavy atom. The molecule has 6 unspecified atom stereocenters. The van der Waals surface area contributed by atoms with Gasteiger partial charge in [0.05, 0.1) is 42.5 Å². The van der Waals surface area contributed by atoms with E-state index in [4.69, 9.17) is 47.4 Å². The van der Waals surface area contributed by atoms with Crippen molar-refractivity contribution in [2.45, 2.75) is 248 Å². The van der Waals surface area contributed by atoms with Gasteiger partial charge in [-0.25, -0.2) is 0 Å². The van der Waals surface area contributed by atoms with Gasteiger partial charge >= 0.3 is 11.9 Å². The van der Waals surface area contributed by atoms with Crippen molar-refractivity contribution in [3.8, 4) is 0 Å². The van der Waals surface area contributed by atoms with Crippen LogP contribution in [0.2, 0.25) is 0 Å². The van der Waals surface area contributed by atoms with Crippen LogP contribution in [-0.2, 0) is 57.0 Å². The third-order valence-corrected chi connectivity index (χ3v) is 13.0. The molecule has 0 aromatic carbocycles. The molecule has 5 aliphatic heterocycles. The Kier molecular flexibility index (Phi) is 19.4. The lowest BCUT2D eigenvalue weighted by molar-refractivity contribution is -0.406. The summed E-state index contributed by atoms with van der Waals surface area (Å²) in [6.07, 6.45) is -25.4. The zero-order valence-electron chi connectivity index (χ0n) is 37.7. The van der Waals surface area contributed by atoms with Crippen molar-refractivity contribution in [2.75, 3.05) is 0 Å². The van der Waals surface area contributed by atoms with Crippen LogP contribution < -0.4 is 0 Å². The van der Waals surface area contributed by atoms with Crippen LogP contribution in [0.25, 0.3) is 0 Å². The molecule has 0 spiro atoms. The lowest BCUT2D eigenvalue weighted by Gasteiger charge is -2.50. The first-order chi connectivity index (χ1) is 29.7. The predicted molar refractivity (Wildman–Crippen MR) is 216 cm³/mol. The molecule has 5 heterocycles. The van der Waals surface area contributed by atoms with Crippen LogP contribution in [0.15, 0.2) is 0 Å². The molecule has 0 amide bonds. The molecule has 20 nitrogen and oxygen atoms in total. The zero-order valence-corrected chi connectivity index (χ0v) is 37.7. The van der Waals surface area contributed by atoms with Crippen LogP contribution in [0.5, 0.6) is 0 Å². The standard InChI is InChI=1S/C43H74O20/c1-18(2)25-16-14-12-10-9-11-13-15-17-26(45)59-37-34(60-39(53)19(3)20(4)44)29(48)23(7)56-42(37)61-35-30(49)24(8)57-43(62-36-32(51)28(47)22(6)55-41(36)58-25)38(35)63-40-33(52)31(50)27(46)21(5)54-40/h18-25,27-38,40-44,46-52H,9-17H2,1-8H3/t19?,20?,21-,22-,23-,24-,25?,27+,28-,29-,30-,31-,32+,33-,34+,35?,36-,37?,38+,40+,41+,42+,43?/m1/s1. The number of aliphatic hydroxyl groups excluding tert-OH is 8. The van der Waals surface area contributed by atoms with Gasteiger partial charge in [-0.1, -0.05) is 52.4 Å². The van der Waals surface area contributed by atoms with Crippen molar-refractivity contribution < 1.29 is 97.8 Å². The van der Waals surface area contributed by atoms with E-state index >= 15 is 0 Å². The van der Waals surface area contributed by atoms with E-state index in [2.05, 4.69) is 0 Å². The average Bonchev–Trinajstić information content (AvgIpc) is 3.23. The molecule has 2 bridgehead atoms. The normalized spacial score (nSPS) is 46.5. The molecule has 0 saturated carbocycles. The van der Waals surface area contributed by atoms with E-state index in [-0.39, 0.29) is 18.4 Å². The van der Waals surface area contributed by atoms with Crippen LogP contribution in [-0.4, -0.2) is 188 Å². The topological polar surface area (TPSA) is 288 Å². The van der Waals surface area contributed by atoms with Crippen LogP contribution in [0.1, 0.15) is 113 Å². The molecule has 5 fully saturated rings. The number of hydrogen-bond donors (Lipinski definition) is 8. The first-order valence-electron chi connectivity index (χ1n) is 22.8. The van der Waals surface area contributed by atoms with Crippen molar-refractivity contribution in [3.63, 3.8) is 0 Å². The van der Waals surface area contributed by atoms with E-state index in [0.717, 1.165) is 38.5 Å². The lowest BCUT2D eigenvalue weighted by Crippen LogP contribution is -2.68. The number of esters is 2. The molecular weight excluding hydrogens is 836 g/mol. The Labute approximate surface area is 369 Å². The Balaban J connectivity index is 1.59. The number of rotatable bonds is 6. The Hall–Kier alpha value is -1.70. The van der Waals surface area contributed by atoms with Crippen LogP contribution in [0, 0.1) is 11.8 Å². The minimum Gasteiger partial charge on any atom is -0.455 e. The summed E-state index contributed by atoms with van der Waals surface area (Å²) in [7, 11) is 0. The molecule has 5 rings (SSSR count). The monoisotopic (exact) mass is 910 g/mol. The van der Waals surface area contributed by atoms with Crippen LogP contribution >= 0.6 is 0 Å². The maximum Gasteiger partial charge on any atom is 0.311 e.